The molecule has 2 atom stereocenters. The molecule has 2 saturated heterocycles. The number of thiazole rings is 1. The quantitative estimate of drug-likeness (QED) is 0.272. The maximum Gasteiger partial charge on any atom is 0.333 e. The fraction of sp³-hybridized carbons (Fsp3) is 0.333. The summed E-state index contributed by atoms with van der Waals surface area (Å²) in [6, 6.07) is 7.25. The molecule has 0 spiro atoms. The predicted octanol–water partition coefficient (Wildman–Crippen LogP) is 4.73. The minimum atomic E-state index is -4.00. The molecule has 0 saturated carbocycles. The van der Waals surface area contributed by atoms with Gasteiger partial charge in [0.05, 0.1) is 11.3 Å². The summed E-state index contributed by atoms with van der Waals surface area (Å²) in [7, 11) is -4.00. The Labute approximate surface area is 277 Å². The highest BCUT2D eigenvalue weighted by Crippen LogP contribution is 2.46. The molecule has 7 rings (SSSR count). The van der Waals surface area contributed by atoms with Crippen molar-refractivity contribution in [3.8, 4) is 0 Å². The van der Waals surface area contributed by atoms with Gasteiger partial charge in [0.15, 0.2) is 10.8 Å². The number of pyridine rings is 1. The number of aliphatic imine (C=N–C) groups is 1. The third-order valence-corrected chi connectivity index (χ3v) is 11.4. The third-order valence-electron chi connectivity index (χ3n) is 8.65. The largest absolute Gasteiger partial charge is 0.385 e. The number of halogens is 4. The van der Waals surface area contributed by atoms with E-state index in [-0.39, 0.29) is 49.6 Å². The van der Waals surface area contributed by atoms with E-state index in [1.54, 1.807) is 36.1 Å². The van der Waals surface area contributed by atoms with E-state index in [1.807, 2.05) is 4.90 Å². The molecule has 3 aliphatic rings. The van der Waals surface area contributed by atoms with Crippen molar-refractivity contribution in [1.29, 1.82) is 0 Å². The molecule has 0 aliphatic carbocycles. The monoisotopic (exact) mass is 704 g/mol. The number of nitrogens with zero attached hydrogens (tertiary/aromatic N) is 7. The smallest absolute Gasteiger partial charge is 0.333 e. The SMILES string of the molecule is O=S(=O)(NC1CC2=C(c3ccn(C(F)F)n3)[C@H](c3ccc(F)cc3Cl)N=C(c3nccs3)N2C1)N1CCC(O)(c2ccncc2)CC1. The highest BCUT2D eigenvalue weighted by atomic mass is 35.5. The van der Waals surface area contributed by atoms with Gasteiger partial charge in [-0.3, -0.25) is 9.98 Å². The zero-order valence-corrected chi connectivity index (χ0v) is 26.9. The van der Waals surface area contributed by atoms with E-state index in [0.717, 1.165) is 12.3 Å². The van der Waals surface area contributed by atoms with E-state index in [9.17, 15) is 26.7 Å². The maximum atomic E-state index is 14.1. The van der Waals surface area contributed by atoms with Crippen LogP contribution in [0.5, 0.6) is 0 Å². The van der Waals surface area contributed by atoms with Gasteiger partial charge in [0.25, 0.3) is 10.2 Å². The second kappa shape index (κ2) is 12.4. The van der Waals surface area contributed by atoms with Gasteiger partial charge in [0.2, 0.25) is 0 Å². The number of piperidine rings is 1. The minimum absolute atomic E-state index is 0.0872. The predicted molar refractivity (Wildman–Crippen MR) is 169 cm³/mol. The number of alkyl halides is 2. The van der Waals surface area contributed by atoms with Crippen molar-refractivity contribution in [2.75, 3.05) is 19.6 Å². The lowest BCUT2D eigenvalue weighted by Gasteiger charge is -2.38. The Kier molecular flexibility index (Phi) is 8.42. The van der Waals surface area contributed by atoms with E-state index in [2.05, 4.69) is 19.8 Å². The Morgan fingerprint density at radius 2 is 1.87 bits per heavy atom. The molecular formula is C30H28ClF3N8O3S2. The minimum Gasteiger partial charge on any atom is -0.385 e. The molecule has 1 unspecified atom stereocenters. The third kappa shape index (κ3) is 6.09. The number of rotatable bonds is 8. The number of amidine groups is 1. The number of aromatic nitrogens is 4. The summed E-state index contributed by atoms with van der Waals surface area (Å²) >= 11 is 7.86. The topological polar surface area (TPSA) is 129 Å². The van der Waals surface area contributed by atoms with Crippen LogP contribution in [0.1, 0.15) is 53.7 Å². The van der Waals surface area contributed by atoms with Crippen LogP contribution in [0.25, 0.3) is 5.57 Å². The Bertz CT molecular complexity index is 1950. The molecule has 47 heavy (non-hydrogen) atoms. The summed E-state index contributed by atoms with van der Waals surface area (Å²) < 4.78 is 73.4. The van der Waals surface area contributed by atoms with Gasteiger partial charge in [-0.2, -0.15) is 31.3 Å². The summed E-state index contributed by atoms with van der Waals surface area (Å²) in [5.41, 5.74) is 1.19. The molecule has 3 aliphatic heterocycles. The van der Waals surface area contributed by atoms with Crippen LogP contribution in [-0.2, 0) is 15.8 Å². The van der Waals surface area contributed by atoms with Gasteiger partial charge in [-0.05, 0) is 48.7 Å². The molecule has 17 heteroatoms. The first-order valence-electron chi connectivity index (χ1n) is 14.7. The van der Waals surface area contributed by atoms with Crippen molar-refractivity contribution in [1.82, 2.24) is 33.7 Å². The average molecular weight is 705 g/mol. The van der Waals surface area contributed by atoms with E-state index in [4.69, 9.17) is 16.6 Å². The van der Waals surface area contributed by atoms with Crippen LogP contribution in [0.3, 0.4) is 0 Å². The zero-order valence-electron chi connectivity index (χ0n) is 24.5. The molecule has 246 valence electrons. The van der Waals surface area contributed by atoms with Crippen LogP contribution in [0, 0.1) is 5.82 Å². The van der Waals surface area contributed by atoms with Gasteiger partial charge in [-0.25, -0.2) is 14.1 Å². The van der Waals surface area contributed by atoms with Crippen LogP contribution in [0.2, 0.25) is 5.02 Å². The summed E-state index contributed by atoms with van der Waals surface area (Å²) in [5.74, 6) is -0.108. The lowest BCUT2D eigenvalue weighted by atomic mass is 9.86. The molecule has 2 fully saturated rings. The van der Waals surface area contributed by atoms with Crippen LogP contribution < -0.4 is 4.72 Å². The lowest BCUT2D eigenvalue weighted by Crippen LogP contribution is -2.51. The summed E-state index contributed by atoms with van der Waals surface area (Å²) in [6.07, 6.45) is 6.53. The van der Waals surface area contributed by atoms with Crippen LogP contribution in [0.15, 0.2) is 77.3 Å². The summed E-state index contributed by atoms with van der Waals surface area (Å²) in [5, 5.41) is 17.8. The van der Waals surface area contributed by atoms with E-state index in [1.165, 1.54) is 33.8 Å². The Morgan fingerprint density at radius 1 is 1.11 bits per heavy atom. The molecular weight excluding hydrogens is 677 g/mol. The second-order valence-electron chi connectivity index (χ2n) is 11.5. The standard InChI is InChI=1S/C30H28ClF3N8O3S2/c31-22-15-19(32)1-2-21(22)26-25(23-5-11-42(38-23)29(33)34)24-16-20(17-41(24)27(37-26)28-36-10-14-46-28)39-47(44,45)40-12-6-30(43,7-13-40)18-3-8-35-9-4-18/h1-5,8-11,14-15,20,26,29,39,43H,6-7,12-13,16-17H2/t20?,26-/m0/s1. The molecule has 6 heterocycles. The summed E-state index contributed by atoms with van der Waals surface area (Å²) in [4.78, 5) is 15.2. The number of nitrogens with one attached hydrogen (secondary N) is 1. The Balaban J connectivity index is 1.23. The number of hydrogen-bond donors (Lipinski definition) is 2. The van der Waals surface area contributed by atoms with Gasteiger partial charge in [-0.1, -0.05) is 17.7 Å². The molecule has 1 aromatic carbocycles. The average Bonchev–Trinajstić information content (AvgIpc) is 3.83. The first-order chi connectivity index (χ1) is 22.5. The number of fused-ring (bicyclic) bond motifs is 1. The fourth-order valence-corrected chi connectivity index (χ4v) is 8.67. The van der Waals surface area contributed by atoms with E-state index >= 15 is 0 Å². The van der Waals surface area contributed by atoms with Crippen LogP contribution in [-0.4, -0.2) is 74.0 Å². The normalized spacial score (nSPS) is 21.7. The van der Waals surface area contributed by atoms with E-state index in [0.29, 0.717) is 37.9 Å². The van der Waals surface area contributed by atoms with Crippen molar-refractivity contribution in [3.05, 3.63) is 105 Å². The lowest BCUT2D eigenvalue weighted by molar-refractivity contribution is -0.00991. The highest BCUT2D eigenvalue weighted by molar-refractivity contribution is 7.87. The maximum absolute atomic E-state index is 14.1. The molecule has 2 N–H and O–H groups in total. The van der Waals surface area contributed by atoms with Gasteiger partial charge >= 0.3 is 6.55 Å². The van der Waals surface area contributed by atoms with Crippen molar-refractivity contribution in [2.24, 2.45) is 4.99 Å². The highest BCUT2D eigenvalue weighted by Gasteiger charge is 2.44. The molecule has 0 radical (unpaired) electrons. The Hall–Kier alpha value is -3.67. The van der Waals surface area contributed by atoms with Crippen LogP contribution in [0.4, 0.5) is 13.2 Å². The van der Waals surface area contributed by atoms with E-state index < -0.39 is 40.3 Å². The number of aliphatic hydroxyl groups is 1. The number of benzene rings is 1. The first kappa shape index (κ1) is 31.9. The fourth-order valence-electron chi connectivity index (χ4n) is 6.37. The molecule has 0 bridgehead atoms. The molecule has 3 aromatic heterocycles. The van der Waals surface area contributed by atoms with Crippen molar-refractivity contribution >= 4 is 44.6 Å². The number of hydrogen-bond acceptors (Lipinski definition) is 9. The van der Waals surface area contributed by atoms with Gasteiger partial charge in [-0.15, -0.1) is 11.3 Å². The summed E-state index contributed by atoms with van der Waals surface area (Å²) in [6.45, 7) is -2.52. The molecule has 4 aromatic rings. The molecule has 0 amide bonds. The second-order valence-corrected chi connectivity index (χ2v) is 14.5. The zero-order chi connectivity index (χ0) is 32.9. The van der Waals surface area contributed by atoms with Crippen molar-refractivity contribution in [2.45, 2.75) is 43.5 Å². The Morgan fingerprint density at radius 3 is 2.53 bits per heavy atom. The van der Waals surface area contributed by atoms with Crippen LogP contribution >= 0.6 is 22.9 Å². The van der Waals surface area contributed by atoms with Gasteiger partial charge in [0.1, 0.15) is 11.9 Å². The molecule has 11 nitrogen and oxygen atoms in total. The first-order valence-corrected chi connectivity index (χ1v) is 17.4. The van der Waals surface area contributed by atoms with Gasteiger partial charge in [0, 0.05) is 84.1 Å². The van der Waals surface area contributed by atoms with Gasteiger partial charge < -0.3 is 10.0 Å². The van der Waals surface area contributed by atoms with Crippen molar-refractivity contribution in [3.63, 3.8) is 0 Å². The van der Waals surface area contributed by atoms with Crippen molar-refractivity contribution < 1.29 is 26.7 Å².